The average molecular weight is 279 g/mol. The molecule has 100 valence electrons. The van der Waals surface area contributed by atoms with Gasteiger partial charge in [-0.1, -0.05) is 18.2 Å². The number of hydrogen-bond donors (Lipinski definition) is 1. The number of aryl methyl sites for hydroxylation is 1. The molecule has 0 aromatic heterocycles. The van der Waals surface area contributed by atoms with E-state index in [0.717, 1.165) is 0 Å². The van der Waals surface area contributed by atoms with Crippen LogP contribution in [-0.4, -0.2) is 20.1 Å². The van der Waals surface area contributed by atoms with Gasteiger partial charge in [0.05, 0.1) is 4.90 Å². The van der Waals surface area contributed by atoms with Crippen molar-refractivity contribution in [3.63, 3.8) is 0 Å². The van der Waals surface area contributed by atoms with Gasteiger partial charge >= 0.3 is 6.18 Å². The second kappa shape index (κ2) is 3.96. The molecule has 0 heterocycles. The predicted molar refractivity (Wildman–Crippen MR) is 59.5 cm³/mol. The summed E-state index contributed by atoms with van der Waals surface area (Å²) in [6, 6.07) is 5.95. The normalized spacial score (nSPS) is 18.7. The van der Waals surface area contributed by atoms with Crippen molar-refractivity contribution in [3.8, 4) is 0 Å². The van der Waals surface area contributed by atoms with Crippen LogP contribution < -0.4 is 4.72 Å². The molecule has 0 aliphatic heterocycles. The maximum atomic E-state index is 12.7. The molecule has 0 unspecified atom stereocenters. The van der Waals surface area contributed by atoms with E-state index in [2.05, 4.69) is 0 Å². The highest BCUT2D eigenvalue weighted by Crippen LogP contribution is 2.49. The summed E-state index contributed by atoms with van der Waals surface area (Å²) in [5.74, 6) is 0. The first-order valence-electron chi connectivity index (χ1n) is 5.34. The molecule has 1 aliphatic carbocycles. The van der Waals surface area contributed by atoms with Gasteiger partial charge in [-0.25, -0.2) is 8.42 Å². The van der Waals surface area contributed by atoms with E-state index in [0.29, 0.717) is 5.56 Å². The Balaban J connectivity index is 2.33. The first-order valence-corrected chi connectivity index (χ1v) is 6.83. The van der Waals surface area contributed by atoms with Crippen LogP contribution in [0.1, 0.15) is 18.4 Å². The molecule has 0 saturated heterocycles. The van der Waals surface area contributed by atoms with Crippen LogP contribution in [0.25, 0.3) is 0 Å². The van der Waals surface area contributed by atoms with Crippen LogP contribution in [0.2, 0.25) is 0 Å². The van der Waals surface area contributed by atoms with Crippen molar-refractivity contribution in [3.05, 3.63) is 29.8 Å². The molecule has 7 heteroatoms. The Bertz CT molecular complexity index is 562. The van der Waals surface area contributed by atoms with Crippen LogP contribution in [0.5, 0.6) is 0 Å². The lowest BCUT2D eigenvalue weighted by Gasteiger charge is -2.21. The van der Waals surface area contributed by atoms with E-state index in [9.17, 15) is 21.6 Å². The summed E-state index contributed by atoms with van der Waals surface area (Å²) in [5, 5.41) is 0. The molecule has 1 aromatic carbocycles. The van der Waals surface area contributed by atoms with Crippen molar-refractivity contribution in [2.75, 3.05) is 0 Å². The molecule has 1 aromatic rings. The molecular weight excluding hydrogens is 267 g/mol. The van der Waals surface area contributed by atoms with Crippen molar-refractivity contribution in [2.24, 2.45) is 0 Å². The molecule has 2 rings (SSSR count). The maximum Gasteiger partial charge on any atom is 0.407 e. The smallest absolute Gasteiger partial charge is 0.207 e. The second-order valence-corrected chi connectivity index (χ2v) is 6.10. The number of hydrogen-bond acceptors (Lipinski definition) is 2. The van der Waals surface area contributed by atoms with E-state index in [1.165, 1.54) is 12.1 Å². The summed E-state index contributed by atoms with van der Waals surface area (Å²) in [5.41, 5.74) is -1.85. The molecule has 1 aliphatic rings. The lowest BCUT2D eigenvalue weighted by Crippen LogP contribution is -2.47. The molecular formula is C11H12F3NO2S. The van der Waals surface area contributed by atoms with E-state index in [1.807, 2.05) is 0 Å². The Labute approximate surface area is 103 Å². The van der Waals surface area contributed by atoms with Crippen LogP contribution in [0.15, 0.2) is 29.2 Å². The number of sulfonamides is 1. The van der Waals surface area contributed by atoms with Crippen LogP contribution >= 0.6 is 0 Å². The lowest BCUT2D eigenvalue weighted by molar-refractivity contribution is -0.160. The van der Waals surface area contributed by atoms with Crippen LogP contribution in [0.3, 0.4) is 0 Å². The highest BCUT2D eigenvalue weighted by Gasteiger charge is 2.65. The molecule has 3 nitrogen and oxygen atoms in total. The number of benzene rings is 1. The van der Waals surface area contributed by atoms with E-state index in [4.69, 9.17) is 0 Å². The van der Waals surface area contributed by atoms with Gasteiger partial charge in [0, 0.05) is 0 Å². The fourth-order valence-corrected chi connectivity index (χ4v) is 3.43. The standard InChI is InChI=1S/C11H12F3NO2S/c1-8-4-2-3-5-9(8)18(16,17)15-10(6-7-10)11(12,13)14/h2-5,15H,6-7H2,1H3. The van der Waals surface area contributed by atoms with Gasteiger partial charge in [-0.15, -0.1) is 0 Å². The van der Waals surface area contributed by atoms with Crippen LogP contribution in [0.4, 0.5) is 13.2 Å². The highest BCUT2D eigenvalue weighted by atomic mass is 32.2. The van der Waals surface area contributed by atoms with Crippen molar-refractivity contribution < 1.29 is 21.6 Å². The van der Waals surface area contributed by atoms with Gasteiger partial charge in [-0.05, 0) is 31.4 Å². The molecule has 1 saturated carbocycles. The van der Waals surface area contributed by atoms with Crippen molar-refractivity contribution >= 4 is 10.0 Å². The molecule has 0 spiro atoms. The Morgan fingerprint density at radius 2 is 1.78 bits per heavy atom. The third-order valence-electron chi connectivity index (χ3n) is 3.01. The first kappa shape index (κ1) is 13.4. The van der Waals surface area contributed by atoms with Crippen molar-refractivity contribution in [1.29, 1.82) is 0 Å². The van der Waals surface area contributed by atoms with E-state index < -0.39 is 21.7 Å². The van der Waals surface area contributed by atoms with Crippen molar-refractivity contribution in [1.82, 2.24) is 4.72 Å². The number of alkyl halides is 3. The minimum atomic E-state index is -4.55. The average Bonchev–Trinajstić information content (AvgIpc) is 2.97. The molecule has 1 fully saturated rings. The highest BCUT2D eigenvalue weighted by molar-refractivity contribution is 7.89. The van der Waals surface area contributed by atoms with E-state index in [-0.39, 0.29) is 17.7 Å². The molecule has 0 atom stereocenters. The second-order valence-electron chi connectivity index (χ2n) is 4.45. The summed E-state index contributed by atoms with van der Waals surface area (Å²) in [4.78, 5) is -0.111. The largest absolute Gasteiger partial charge is 0.407 e. The maximum absolute atomic E-state index is 12.7. The number of nitrogens with one attached hydrogen (secondary N) is 1. The number of halogens is 3. The zero-order valence-corrected chi connectivity index (χ0v) is 10.4. The zero-order valence-electron chi connectivity index (χ0n) is 9.58. The van der Waals surface area contributed by atoms with Crippen molar-refractivity contribution in [2.45, 2.75) is 36.4 Å². The minimum absolute atomic E-state index is 0.111. The van der Waals surface area contributed by atoms with Gasteiger partial charge in [0.1, 0.15) is 5.54 Å². The summed E-state index contributed by atoms with van der Waals surface area (Å²) < 4.78 is 63.8. The Morgan fingerprint density at radius 3 is 2.22 bits per heavy atom. The summed E-state index contributed by atoms with van der Waals surface area (Å²) in [6.45, 7) is 1.54. The molecule has 1 N–H and O–H groups in total. The van der Waals surface area contributed by atoms with Gasteiger partial charge < -0.3 is 0 Å². The van der Waals surface area contributed by atoms with Gasteiger partial charge in [0.15, 0.2) is 0 Å². The predicted octanol–water partition coefficient (Wildman–Crippen LogP) is 2.37. The fourth-order valence-electron chi connectivity index (χ4n) is 1.74. The SMILES string of the molecule is Cc1ccccc1S(=O)(=O)NC1(C(F)(F)F)CC1. The quantitative estimate of drug-likeness (QED) is 0.923. The van der Waals surface area contributed by atoms with Gasteiger partial charge in [0.2, 0.25) is 10.0 Å². The topological polar surface area (TPSA) is 46.2 Å². The monoisotopic (exact) mass is 279 g/mol. The summed E-state index contributed by atoms with van der Waals surface area (Å²) >= 11 is 0. The Morgan fingerprint density at radius 1 is 1.22 bits per heavy atom. The first-order chi connectivity index (χ1) is 8.18. The third-order valence-corrected chi connectivity index (χ3v) is 4.70. The number of rotatable bonds is 3. The molecule has 0 bridgehead atoms. The molecule has 0 amide bonds. The Kier molecular flexibility index (Phi) is 2.94. The Hall–Kier alpha value is -1.08. The van der Waals surface area contributed by atoms with E-state index in [1.54, 1.807) is 23.8 Å². The summed E-state index contributed by atoms with van der Waals surface area (Å²) in [6.07, 6.45) is -4.97. The lowest BCUT2D eigenvalue weighted by atomic mass is 10.2. The van der Waals surface area contributed by atoms with E-state index >= 15 is 0 Å². The van der Waals surface area contributed by atoms with Crippen LogP contribution in [0, 0.1) is 6.92 Å². The zero-order chi connectivity index (χ0) is 13.6. The third kappa shape index (κ3) is 2.24. The van der Waals surface area contributed by atoms with Gasteiger partial charge in [0.25, 0.3) is 0 Å². The molecule has 0 radical (unpaired) electrons. The van der Waals surface area contributed by atoms with Crippen LogP contribution in [-0.2, 0) is 10.0 Å². The summed E-state index contributed by atoms with van der Waals surface area (Å²) in [7, 11) is -4.14. The van der Waals surface area contributed by atoms with Gasteiger partial charge in [-0.2, -0.15) is 17.9 Å². The fraction of sp³-hybridized carbons (Fsp3) is 0.455. The molecule has 18 heavy (non-hydrogen) atoms. The van der Waals surface area contributed by atoms with Gasteiger partial charge in [-0.3, -0.25) is 0 Å². The minimum Gasteiger partial charge on any atom is -0.207 e.